The molecule has 0 spiro atoms. The number of amides is 2. The molecular formula is C28H24N2O6S2. The predicted octanol–water partition coefficient (Wildman–Crippen LogP) is 4.14. The van der Waals surface area contributed by atoms with Crippen LogP contribution in [0.5, 0.6) is 0 Å². The van der Waals surface area contributed by atoms with Gasteiger partial charge in [0.25, 0.3) is 11.6 Å². The minimum Gasteiger partial charge on any atom is -0.451 e. The summed E-state index contributed by atoms with van der Waals surface area (Å²) in [5.74, 6) is -1.53. The van der Waals surface area contributed by atoms with Crippen LogP contribution in [-0.2, 0) is 28.7 Å². The van der Waals surface area contributed by atoms with E-state index < -0.39 is 34.3 Å². The molecule has 2 aromatic carbocycles. The number of ether oxygens (including phenoxy) is 2. The van der Waals surface area contributed by atoms with E-state index in [1.807, 2.05) is 60.7 Å². The van der Waals surface area contributed by atoms with Crippen LogP contribution in [0.1, 0.15) is 24.2 Å². The van der Waals surface area contributed by atoms with Gasteiger partial charge in [0, 0.05) is 25.8 Å². The molecule has 38 heavy (non-hydrogen) atoms. The van der Waals surface area contributed by atoms with Gasteiger partial charge < -0.3 is 9.47 Å². The van der Waals surface area contributed by atoms with Crippen molar-refractivity contribution in [3.05, 3.63) is 101 Å². The summed E-state index contributed by atoms with van der Waals surface area (Å²) in [4.78, 5) is 54.5. The van der Waals surface area contributed by atoms with Gasteiger partial charge in [0.2, 0.25) is 5.91 Å². The highest BCUT2D eigenvalue weighted by atomic mass is 32.2. The van der Waals surface area contributed by atoms with Crippen molar-refractivity contribution >= 4 is 52.2 Å². The van der Waals surface area contributed by atoms with Crippen molar-refractivity contribution in [3.8, 4) is 0 Å². The smallest absolute Gasteiger partial charge is 0.324 e. The number of carbonyl (C=O) groups is 4. The maximum Gasteiger partial charge on any atom is 0.324 e. The summed E-state index contributed by atoms with van der Waals surface area (Å²) in [5.41, 5.74) is -0.0313. The zero-order valence-corrected chi connectivity index (χ0v) is 22.2. The quantitative estimate of drug-likeness (QED) is 0.181. The Balaban J connectivity index is 1.48. The van der Waals surface area contributed by atoms with Crippen LogP contribution >= 0.6 is 23.1 Å². The van der Waals surface area contributed by atoms with Crippen molar-refractivity contribution in [2.45, 2.75) is 29.4 Å². The van der Waals surface area contributed by atoms with Crippen molar-refractivity contribution in [2.75, 3.05) is 12.0 Å². The van der Waals surface area contributed by atoms with Gasteiger partial charge in [-0.1, -0.05) is 60.7 Å². The van der Waals surface area contributed by atoms with E-state index in [1.165, 1.54) is 41.4 Å². The maximum absolute atomic E-state index is 13.6. The van der Waals surface area contributed by atoms with Gasteiger partial charge in [-0.3, -0.25) is 29.0 Å². The van der Waals surface area contributed by atoms with Crippen LogP contribution in [0.25, 0.3) is 0 Å². The number of hydrogen-bond donors (Lipinski definition) is 0. The molecule has 194 valence electrons. The van der Waals surface area contributed by atoms with Gasteiger partial charge >= 0.3 is 5.97 Å². The largest absolute Gasteiger partial charge is 0.451 e. The molecule has 1 aromatic heterocycles. The van der Waals surface area contributed by atoms with Crippen molar-refractivity contribution in [1.82, 2.24) is 4.90 Å². The number of methoxy groups -OCH3 is 1. The lowest BCUT2D eigenvalue weighted by Gasteiger charge is -2.58. The standard InChI is InChI=1S/C28H24N2O6S2/c1-18(32)30(22-14-9-15-37-22)28(35-2)26(34)29-16-21(17-31)24(38-27(28)29)25(33)36-23(19-10-5-3-6-11-19)20-12-7-4-8-13-20/h3-17,23-24,27H,1-2H3/t24?,27-,28?/m1/s1. The van der Waals surface area contributed by atoms with Crippen LogP contribution in [0.3, 0.4) is 0 Å². The molecule has 3 heterocycles. The third kappa shape index (κ3) is 4.24. The zero-order valence-electron chi connectivity index (χ0n) is 20.6. The fourth-order valence-electron chi connectivity index (χ4n) is 4.72. The number of aldehydes is 1. The molecule has 8 nitrogen and oxygen atoms in total. The first-order chi connectivity index (χ1) is 18.4. The number of nitrogens with zero attached hydrogens (tertiary/aromatic N) is 2. The van der Waals surface area contributed by atoms with E-state index in [1.54, 1.807) is 17.5 Å². The summed E-state index contributed by atoms with van der Waals surface area (Å²) in [6.07, 6.45) is 1.20. The summed E-state index contributed by atoms with van der Waals surface area (Å²) in [6.45, 7) is 1.35. The van der Waals surface area contributed by atoms with Crippen molar-refractivity contribution in [2.24, 2.45) is 0 Å². The van der Waals surface area contributed by atoms with Gasteiger partial charge in [0.15, 0.2) is 6.10 Å². The fourth-order valence-corrected chi connectivity index (χ4v) is 7.02. The van der Waals surface area contributed by atoms with Crippen LogP contribution < -0.4 is 4.90 Å². The Hall–Kier alpha value is -3.73. The van der Waals surface area contributed by atoms with Crippen molar-refractivity contribution < 1.29 is 28.7 Å². The predicted molar refractivity (Wildman–Crippen MR) is 144 cm³/mol. The van der Waals surface area contributed by atoms with Gasteiger partial charge in [-0.25, -0.2) is 0 Å². The summed E-state index contributed by atoms with van der Waals surface area (Å²) >= 11 is 2.34. The Kier molecular flexibility index (Phi) is 7.20. The molecule has 1 fully saturated rings. The van der Waals surface area contributed by atoms with Crippen LogP contribution in [-0.4, -0.2) is 52.4 Å². The second kappa shape index (κ2) is 10.6. The van der Waals surface area contributed by atoms with Gasteiger partial charge in [-0.15, -0.1) is 23.1 Å². The van der Waals surface area contributed by atoms with Gasteiger partial charge in [0.1, 0.15) is 21.9 Å². The zero-order chi connectivity index (χ0) is 26.9. The lowest BCUT2D eigenvalue weighted by atomic mass is 9.98. The SMILES string of the molecule is COC1(N(C(C)=O)c2cccs2)C(=O)N2C=C(C=O)C(C(=O)OC(c3ccccc3)c3ccccc3)S[C@@H]21. The first kappa shape index (κ1) is 25.9. The Morgan fingerprint density at radius 2 is 1.66 bits per heavy atom. The molecule has 3 aromatic rings. The first-order valence-electron chi connectivity index (χ1n) is 11.8. The highest BCUT2D eigenvalue weighted by molar-refractivity contribution is 8.01. The van der Waals surface area contributed by atoms with Gasteiger partial charge in [-0.05, 0) is 28.6 Å². The van der Waals surface area contributed by atoms with Gasteiger partial charge in [0.05, 0.1) is 0 Å². The molecule has 0 radical (unpaired) electrons. The molecule has 5 rings (SSSR count). The number of thioether (sulfide) groups is 1. The van der Waals surface area contributed by atoms with Crippen LogP contribution in [0, 0.1) is 0 Å². The maximum atomic E-state index is 13.6. The number of thiophene rings is 1. The third-order valence-corrected chi connectivity index (χ3v) is 8.85. The summed E-state index contributed by atoms with van der Waals surface area (Å²) in [6, 6.07) is 22.1. The van der Waals surface area contributed by atoms with Crippen molar-refractivity contribution in [1.29, 1.82) is 0 Å². The second-order valence-electron chi connectivity index (χ2n) is 8.67. The average Bonchev–Trinajstić information content (AvgIpc) is 3.48. The average molecular weight is 549 g/mol. The molecule has 10 heteroatoms. The molecule has 3 atom stereocenters. The Bertz CT molecular complexity index is 1340. The molecule has 2 amide bonds. The number of β-lactam (4-membered cyclic amide) rings is 1. The van der Waals surface area contributed by atoms with Crippen LogP contribution in [0.15, 0.2) is 89.9 Å². The normalized spacial score (nSPS) is 22.2. The lowest BCUT2D eigenvalue weighted by molar-refractivity contribution is -0.182. The Morgan fingerprint density at radius 3 is 2.16 bits per heavy atom. The molecule has 0 saturated carbocycles. The van der Waals surface area contributed by atoms with E-state index in [0.29, 0.717) is 11.3 Å². The number of benzene rings is 2. The van der Waals surface area contributed by atoms with Crippen molar-refractivity contribution in [3.63, 3.8) is 0 Å². The molecular weight excluding hydrogens is 524 g/mol. The Morgan fingerprint density at radius 1 is 1.03 bits per heavy atom. The number of fused-ring (bicyclic) bond motifs is 1. The van der Waals surface area contributed by atoms with E-state index in [2.05, 4.69) is 0 Å². The number of rotatable bonds is 8. The summed E-state index contributed by atoms with van der Waals surface area (Å²) in [5, 5.41) is 0.509. The molecule has 2 aliphatic rings. The summed E-state index contributed by atoms with van der Waals surface area (Å²) < 4.78 is 11.8. The van der Waals surface area contributed by atoms with Crippen LogP contribution in [0.2, 0.25) is 0 Å². The molecule has 0 N–H and O–H groups in total. The third-order valence-electron chi connectivity index (χ3n) is 6.46. The molecule has 2 unspecified atom stereocenters. The monoisotopic (exact) mass is 548 g/mol. The van der Waals surface area contributed by atoms with E-state index in [-0.39, 0.29) is 11.5 Å². The molecule has 0 aliphatic carbocycles. The minimum atomic E-state index is -1.68. The van der Waals surface area contributed by atoms with E-state index in [9.17, 15) is 19.2 Å². The van der Waals surface area contributed by atoms with E-state index in [4.69, 9.17) is 9.47 Å². The van der Waals surface area contributed by atoms with E-state index >= 15 is 0 Å². The number of esters is 1. The fraction of sp³-hybridized carbons (Fsp3) is 0.214. The number of hydrogen-bond acceptors (Lipinski definition) is 8. The first-order valence-corrected chi connectivity index (χ1v) is 13.6. The summed E-state index contributed by atoms with van der Waals surface area (Å²) in [7, 11) is 1.35. The molecule has 0 bridgehead atoms. The van der Waals surface area contributed by atoms with Crippen LogP contribution in [0.4, 0.5) is 5.00 Å². The highest BCUT2D eigenvalue weighted by Gasteiger charge is 2.69. The molecule has 2 aliphatic heterocycles. The topological polar surface area (TPSA) is 93.2 Å². The number of carbonyl (C=O) groups excluding carboxylic acids is 4. The lowest BCUT2D eigenvalue weighted by Crippen LogP contribution is -2.80. The van der Waals surface area contributed by atoms with E-state index in [0.717, 1.165) is 22.9 Å². The molecule has 1 saturated heterocycles. The Labute approximate surface area is 227 Å². The highest BCUT2D eigenvalue weighted by Crippen LogP contribution is 2.51. The minimum absolute atomic E-state index is 0.0969. The second-order valence-corrected chi connectivity index (χ2v) is 10.8. The van der Waals surface area contributed by atoms with Gasteiger partial charge in [-0.2, -0.15) is 0 Å². The number of anilines is 1.